The number of carbonyl (C=O) groups excluding carboxylic acids is 1. The number of H-pyrrole nitrogens is 1. The van der Waals surface area contributed by atoms with Crippen LogP contribution in [0.25, 0.3) is 10.9 Å². The zero-order valence-electron chi connectivity index (χ0n) is 8.38. The van der Waals surface area contributed by atoms with Gasteiger partial charge in [0.1, 0.15) is 0 Å². The average molecular weight is 304 g/mol. The molecule has 0 aliphatic heterocycles. The molecule has 0 bridgehead atoms. The number of hydrogen-bond acceptors (Lipinski definition) is 3. The van der Waals surface area contributed by atoms with E-state index in [9.17, 15) is 4.79 Å². The fourth-order valence-corrected chi connectivity index (χ4v) is 2.44. The standard InChI is InChI=1S/C10H8BrClN2O2/c1-2-16-10(15)8-5-4-13-14-9(5)7(12)3-6(8)11/h3-4H,2H2,1H3,(H,13,14). The highest BCUT2D eigenvalue weighted by molar-refractivity contribution is 9.10. The molecule has 1 aromatic carbocycles. The molecule has 0 saturated carbocycles. The van der Waals surface area contributed by atoms with Gasteiger partial charge in [-0.05, 0) is 28.9 Å². The largest absolute Gasteiger partial charge is 0.462 e. The monoisotopic (exact) mass is 302 g/mol. The molecule has 0 aliphatic rings. The van der Waals surface area contributed by atoms with Crippen molar-refractivity contribution in [3.63, 3.8) is 0 Å². The summed E-state index contributed by atoms with van der Waals surface area (Å²) in [5.74, 6) is -0.391. The molecule has 1 aromatic heterocycles. The summed E-state index contributed by atoms with van der Waals surface area (Å²) in [5.41, 5.74) is 1.07. The van der Waals surface area contributed by atoms with Crippen LogP contribution in [0.15, 0.2) is 16.7 Å². The van der Waals surface area contributed by atoms with Crippen molar-refractivity contribution in [2.24, 2.45) is 0 Å². The summed E-state index contributed by atoms with van der Waals surface area (Å²) in [7, 11) is 0. The first-order valence-corrected chi connectivity index (χ1v) is 5.80. The van der Waals surface area contributed by atoms with Crippen LogP contribution in [0.1, 0.15) is 17.3 Å². The van der Waals surface area contributed by atoms with Gasteiger partial charge in [-0.2, -0.15) is 5.10 Å². The molecule has 6 heteroatoms. The van der Waals surface area contributed by atoms with E-state index in [0.717, 1.165) is 0 Å². The maximum absolute atomic E-state index is 11.8. The van der Waals surface area contributed by atoms with Gasteiger partial charge in [0.2, 0.25) is 0 Å². The van der Waals surface area contributed by atoms with Crippen molar-refractivity contribution >= 4 is 44.4 Å². The Labute approximate surface area is 105 Å². The van der Waals surface area contributed by atoms with Gasteiger partial charge in [0.05, 0.1) is 28.9 Å². The summed E-state index contributed by atoms with van der Waals surface area (Å²) in [5, 5.41) is 7.77. The third-order valence-corrected chi connectivity index (χ3v) is 3.04. The molecule has 0 amide bonds. The Morgan fingerprint density at radius 2 is 2.44 bits per heavy atom. The molecular formula is C10H8BrClN2O2. The molecule has 0 atom stereocenters. The Morgan fingerprint density at radius 3 is 3.12 bits per heavy atom. The average Bonchev–Trinajstić information content (AvgIpc) is 2.66. The van der Waals surface area contributed by atoms with Gasteiger partial charge in [0.15, 0.2) is 0 Å². The highest BCUT2D eigenvalue weighted by Gasteiger charge is 2.18. The molecule has 0 saturated heterocycles. The smallest absolute Gasteiger partial charge is 0.340 e. The number of fused-ring (bicyclic) bond motifs is 1. The van der Waals surface area contributed by atoms with Gasteiger partial charge in [0, 0.05) is 9.86 Å². The number of ether oxygens (including phenoxy) is 1. The third-order valence-electron chi connectivity index (χ3n) is 2.12. The van der Waals surface area contributed by atoms with Crippen LogP contribution < -0.4 is 0 Å². The van der Waals surface area contributed by atoms with E-state index in [1.807, 2.05) is 0 Å². The Bertz CT molecular complexity index is 553. The maximum atomic E-state index is 11.8. The number of halogens is 2. The van der Waals surface area contributed by atoms with Crippen LogP contribution in [-0.4, -0.2) is 22.8 Å². The molecular weight excluding hydrogens is 295 g/mol. The van der Waals surface area contributed by atoms with Gasteiger partial charge in [0.25, 0.3) is 0 Å². The van der Waals surface area contributed by atoms with Crippen molar-refractivity contribution in [1.82, 2.24) is 10.2 Å². The molecule has 4 nitrogen and oxygen atoms in total. The first-order valence-electron chi connectivity index (χ1n) is 4.63. The van der Waals surface area contributed by atoms with Crippen molar-refractivity contribution < 1.29 is 9.53 Å². The molecule has 1 heterocycles. The van der Waals surface area contributed by atoms with E-state index in [1.165, 1.54) is 0 Å². The van der Waals surface area contributed by atoms with Crippen molar-refractivity contribution in [3.05, 3.63) is 27.3 Å². The van der Waals surface area contributed by atoms with E-state index >= 15 is 0 Å². The highest BCUT2D eigenvalue weighted by Crippen LogP contribution is 2.31. The van der Waals surface area contributed by atoms with Crippen LogP contribution in [0, 0.1) is 0 Å². The van der Waals surface area contributed by atoms with Gasteiger partial charge in [-0.3, -0.25) is 5.10 Å². The van der Waals surface area contributed by atoms with Gasteiger partial charge < -0.3 is 4.74 Å². The molecule has 1 N–H and O–H groups in total. The molecule has 84 valence electrons. The lowest BCUT2D eigenvalue weighted by Gasteiger charge is -2.06. The number of aromatic nitrogens is 2. The van der Waals surface area contributed by atoms with E-state index in [2.05, 4.69) is 26.1 Å². The van der Waals surface area contributed by atoms with E-state index in [0.29, 0.717) is 32.6 Å². The lowest BCUT2D eigenvalue weighted by atomic mass is 10.1. The zero-order valence-corrected chi connectivity index (χ0v) is 10.7. The van der Waals surface area contributed by atoms with Crippen LogP contribution in [0.3, 0.4) is 0 Å². The van der Waals surface area contributed by atoms with Gasteiger partial charge in [-0.15, -0.1) is 0 Å². The van der Waals surface area contributed by atoms with Gasteiger partial charge in [-0.25, -0.2) is 4.79 Å². The summed E-state index contributed by atoms with van der Waals surface area (Å²) in [6.45, 7) is 2.08. The minimum Gasteiger partial charge on any atom is -0.462 e. The normalized spacial score (nSPS) is 10.7. The predicted molar refractivity (Wildman–Crippen MR) is 64.8 cm³/mol. The summed E-state index contributed by atoms with van der Waals surface area (Å²) in [6, 6.07) is 1.65. The summed E-state index contributed by atoms with van der Waals surface area (Å²) in [6.07, 6.45) is 1.55. The van der Waals surface area contributed by atoms with E-state index in [1.54, 1.807) is 19.2 Å². The lowest BCUT2D eigenvalue weighted by molar-refractivity contribution is 0.0527. The van der Waals surface area contributed by atoms with E-state index in [4.69, 9.17) is 16.3 Å². The molecule has 0 spiro atoms. The summed E-state index contributed by atoms with van der Waals surface area (Å²) >= 11 is 9.30. The quantitative estimate of drug-likeness (QED) is 0.867. The first kappa shape index (κ1) is 11.4. The number of carbonyl (C=O) groups is 1. The van der Waals surface area contributed by atoms with Crippen LogP contribution in [0.2, 0.25) is 5.02 Å². The lowest BCUT2D eigenvalue weighted by Crippen LogP contribution is -2.06. The molecule has 0 aliphatic carbocycles. The number of hydrogen-bond donors (Lipinski definition) is 1. The third kappa shape index (κ3) is 1.81. The Hall–Kier alpha value is -1.07. The van der Waals surface area contributed by atoms with Crippen molar-refractivity contribution in [2.75, 3.05) is 6.61 Å². The summed E-state index contributed by atoms with van der Waals surface area (Å²) in [4.78, 5) is 11.8. The second kappa shape index (κ2) is 4.43. The maximum Gasteiger partial charge on any atom is 0.340 e. The predicted octanol–water partition coefficient (Wildman–Crippen LogP) is 3.16. The van der Waals surface area contributed by atoms with Crippen LogP contribution in [0.5, 0.6) is 0 Å². The fraction of sp³-hybridized carbons (Fsp3) is 0.200. The molecule has 0 radical (unpaired) electrons. The van der Waals surface area contributed by atoms with Crippen molar-refractivity contribution in [3.8, 4) is 0 Å². The second-order valence-corrected chi connectivity index (χ2v) is 4.36. The number of benzene rings is 1. The van der Waals surface area contributed by atoms with Gasteiger partial charge >= 0.3 is 5.97 Å². The van der Waals surface area contributed by atoms with E-state index < -0.39 is 5.97 Å². The topological polar surface area (TPSA) is 55.0 Å². The second-order valence-electron chi connectivity index (χ2n) is 3.09. The Kier molecular flexibility index (Phi) is 3.16. The zero-order chi connectivity index (χ0) is 11.7. The van der Waals surface area contributed by atoms with Gasteiger partial charge in [-0.1, -0.05) is 11.6 Å². The fourth-order valence-electron chi connectivity index (χ4n) is 1.45. The number of aromatic amines is 1. The minimum absolute atomic E-state index is 0.327. The summed E-state index contributed by atoms with van der Waals surface area (Å²) < 4.78 is 5.57. The Balaban J connectivity index is 2.68. The number of nitrogens with zero attached hydrogens (tertiary/aromatic N) is 1. The Morgan fingerprint density at radius 1 is 1.69 bits per heavy atom. The number of nitrogens with one attached hydrogen (secondary N) is 1. The van der Waals surface area contributed by atoms with Crippen LogP contribution in [-0.2, 0) is 4.74 Å². The van der Waals surface area contributed by atoms with E-state index in [-0.39, 0.29) is 0 Å². The van der Waals surface area contributed by atoms with Crippen molar-refractivity contribution in [2.45, 2.75) is 6.92 Å². The molecule has 0 unspecified atom stereocenters. The highest BCUT2D eigenvalue weighted by atomic mass is 79.9. The molecule has 2 aromatic rings. The molecule has 0 fully saturated rings. The minimum atomic E-state index is -0.391. The van der Waals surface area contributed by atoms with Crippen LogP contribution >= 0.6 is 27.5 Å². The number of esters is 1. The molecule has 2 rings (SSSR count). The van der Waals surface area contributed by atoms with Crippen LogP contribution in [0.4, 0.5) is 0 Å². The number of rotatable bonds is 2. The molecule has 16 heavy (non-hydrogen) atoms. The first-order chi connectivity index (χ1) is 7.65. The van der Waals surface area contributed by atoms with Crippen molar-refractivity contribution in [1.29, 1.82) is 0 Å². The SMILES string of the molecule is CCOC(=O)c1c(Br)cc(Cl)c2[nH]ncc12.